The number of rotatable bonds is 5. The second-order valence-corrected chi connectivity index (χ2v) is 7.27. The summed E-state index contributed by atoms with van der Waals surface area (Å²) in [6, 6.07) is 14.1. The maximum Gasteiger partial charge on any atom is 0.322 e. The SMILES string of the molecule is CCN1C(=O)NC(c2cccc(OC)c2)C(c2nc(-c3ccc(Cl)cc3)no2)=C1C. The van der Waals surface area contributed by atoms with Crippen LogP contribution in [0.1, 0.15) is 31.3 Å². The number of benzene rings is 2. The first kappa shape index (κ1) is 20.0. The quantitative estimate of drug-likeness (QED) is 0.629. The van der Waals surface area contributed by atoms with E-state index in [1.807, 2.05) is 50.2 Å². The molecule has 7 nitrogen and oxygen atoms in total. The van der Waals surface area contributed by atoms with E-state index in [4.69, 9.17) is 20.9 Å². The molecule has 0 saturated carbocycles. The van der Waals surface area contributed by atoms with Gasteiger partial charge < -0.3 is 14.6 Å². The van der Waals surface area contributed by atoms with E-state index in [0.29, 0.717) is 29.0 Å². The number of halogens is 1. The molecule has 4 rings (SSSR count). The molecule has 1 aliphatic heterocycles. The molecule has 2 aromatic carbocycles. The fourth-order valence-corrected chi connectivity index (χ4v) is 3.69. The topological polar surface area (TPSA) is 80.5 Å². The zero-order chi connectivity index (χ0) is 21.3. The molecule has 30 heavy (non-hydrogen) atoms. The lowest BCUT2D eigenvalue weighted by Crippen LogP contribution is -2.45. The Kier molecular flexibility index (Phi) is 5.46. The van der Waals surface area contributed by atoms with Gasteiger partial charge in [0.25, 0.3) is 5.89 Å². The van der Waals surface area contributed by atoms with Crippen molar-refractivity contribution in [1.82, 2.24) is 20.4 Å². The second kappa shape index (κ2) is 8.20. The Morgan fingerprint density at radius 1 is 1.23 bits per heavy atom. The molecule has 1 aromatic heterocycles. The van der Waals surface area contributed by atoms with Crippen LogP contribution in [0, 0.1) is 0 Å². The molecule has 3 aromatic rings. The van der Waals surface area contributed by atoms with Gasteiger partial charge in [-0.3, -0.25) is 4.90 Å². The lowest BCUT2D eigenvalue weighted by molar-refractivity contribution is 0.207. The number of ether oxygens (including phenoxy) is 1. The molecule has 8 heteroatoms. The minimum atomic E-state index is -0.450. The van der Waals surface area contributed by atoms with Crippen molar-refractivity contribution in [2.24, 2.45) is 0 Å². The van der Waals surface area contributed by atoms with Gasteiger partial charge in [-0.05, 0) is 55.8 Å². The normalized spacial score (nSPS) is 16.6. The maximum absolute atomic E-state index is 12.7. The number of amides is 2. The predicted molar refractivity (Wildman–Crippen MR) is 114 cm³/mol. The van der Waals surface area contributed by atoms with E-state index in [0.717, 1.165) is 22.4 Å². The lowest BCUT2D eigenvalue weighted by Gasteiger charge is -2.34. The van der Waals surface area contributed by atoms with E-state index in [9.17, 15) is 4.79 Å². The summed E-state index contributed by atoms with van der Waals surface area (Å²) in [6.45, 7) is 4.32. The van der Waals surface area contributed by atoms with Crippen molar-refractivity contribution in [2.75, 3.05) is 13.7 Å². The van der Waals surface area contributed by atoms with Gasteiger partial charge in [-0.1, -0.05) is 28.9 Å². The summed E-state index contributed by atoms with van der Waals surface area (Å²) in [5, 5.41) is 7.82. The zero-order valence-corrected chi connectivity index (χ0v) is 17.6. The van der Waals surface area contributed by atoms with E-state index in [1.54, 1.807) is 24.1 Å². The van der Waals surface area contributed by atoms with Crippen molar-refractivity contribution in [3.63, 3.8) is 0 Å². The molecule has 1 aliphatic rings. The average Bonchev–Trinajstić information content (AvgIpc) is 3.24. The number of hydrogen-bond acceptors (Lipinski definition) is 5. The molecule has 1 atom stereocenters. The minimum Gasteiger partial charge on any atom is -0.497 e. The molecular formula is C22H21ClN4O3. The molecule has 0 spiro atoms. The average molecular weight is 425 g/mol. The van der Waals surface area contributed by atoms with E-state index < -0.39 is 6.04 Å². The Labute approximate surface area is 179 Å². The predicted octanol–water partition coefficient (Wildman–Crippen LogP) is 4.92. The van der Waals surface area contributed by atoms with Crippen molar-refractivity contribution >= 4 is 23.2 Å². The Hall–Kier alpha value is -3.32. The van der Waals surface area contributed by atoms with Crippen LogP contribution in [-0.4, -0.2) is 34.7 Å². The molecule has 0 aliphatic carbocycles. The zero-order valence-electron chi connectivity index (χ0n) is 16.8. The van der Waals surface area contributed by atoms with Crippen LogP contribution >= 0.6 is 11.6 Å². The molecule has 0 saturated heterocycles. The summed E-state index contributed by atoms with van der Waals surface area (Å²) in [4.78, 5) is 18.9. The summed E-state index contributed by atoms with van der Waals surface area (Å²) in [6.07, 6.45) is 0. The number of nitrogens with one attached hydrogen (secondary N) is 1. The largest absolute Gasteiger partial charge is 0.497 e. The van der Waals surface area contributed by atoms with Crippen LogP contribution in [0.4, 0.5) is 4.79 Å². The van der Waals surface area contributed by atoms with E-state index in [-0.39, 0.29) is 6.03 Å². The Balaban J connectivity index is 1.81. The standard InChI is InChI=1S/C22H21ClN4O3/c1-4-27-13(2)18(19(24-22(27)28)15-6-5-7-17(12-15)29-3)21-25-20(26-30-21)14-8-10-16(23)11-9-14/h5-12,19H,4H2,1-3H3,(H,24,28). The molecule has 1 N–H and O–H groups in total. The third kappa shape index (κ3) is 3.64. The smallest absolute Gasteiger partial charge is 0.322 e. The number of urea groups is 1. The van der Waals surface area contributed by atoms with Gasteiger partial charge >= 0.3 is 6.03 Å². The summed E-state index contributed by atoms with van der Waals surface area (Å²) >= 11 is 5.97. The molecule has 0 radical (unpaired) electrons. The van der Waals surface area contributed by atoms with Crippen LogP contribution in [0.25, 0.3) is 17.0 Å². The van der Waals surface area contributed by atoms with Gasteiger partial charge in [0, 0.05) is 22.8 Å². The Bertz CT molecular complexity index is 1110. The molecule has 1 unspecified atom stereocenters. The van der Waals surface area contributed by atoms with Crippen LogP contribution in [0.3, 0.4) is 0 Å². The first-order valence-corrected chi connectivity index (χ1v) is 9.92. The van der Waals surface area contributed by atoms with Crippen LogP contribution in [0.15, 0.2) is 58.8 Å². The molecule has 2 amide bonds. The Morgan fingerprint density at radius 3 is 2.70 bits per heavy atom. The number of carbonyl (C=O) groups is 1. The highest BCUT2D eigenvalue weighted by atomic mass is 35.5. The minimum absolute atomic E-state index is 0.177. The van der Waals surface area contributed by atoms with Crippen LogP contribution in [-0.2, 0) is 0 Å². The molecule has 0 fully saturated rings. The fraction of sp³-hybridized carbons (Fsp3) is 0.227. The number of nitrogens with zero attached hydrogens (tertiary/aromatic N) is 3. The number of methoxy groups -OCH3 is 1. The van der Waals surface area contributed by atoms with E-state index in [1.165, 1.54) is 0 Å². The highest BCUT2D eigenvalue weighted by Crippen LogP contribution is 2.38. The summed E-state index contributed by atoms with van der Waals surface area (Å²) < 4.78 is 11.0. The highest BCUT2D eigenvalue weighted by molar-refractivity contribution is 6.30. The molecule has 2 heterocycles. The van der Waals surface area contributed by atoms with Gasteiger partial charge in [0.05, 0.1) is 18.7 Å². The highest BCUT2D eigenvalue weighted by Gasteiger charge is 2.35. The number of hydrogen-bond donors (Lipinski definition) is 1. The lowest BCUT2D eigenvalue weighted by atomic mass is 9.94. The second-order valence-electron chi connectivity index (χ2n) is 6.83. The molecule has 154 valence electrons. The van der Waals surface area contributed by atoms with E-state index in [2.05, 4.69) is 15.5 Å². The molecule has 0 bridgehead atoms. The summed E-state index contributed by atoms with van der Waals surface area (Å²) in [5.41, 5.74) is 3.16. The van der Waals surface area contributed by atoms with Crippen molar-refractivity contribution < 1.29 is 14.1 Å². The maximum atomic E-state index is 12.7. The van der Waals surface area contributed by atoms with Gasteiger partial charge in [0.1, 0.15) is 5.75 Å². The third-order valence-electron chi connectivity index (χ3n) is 5.10. The number of carbonyl (C=O) groups excluding carboxylic acids is 1. The van der Waals surface area contributed by atoms with Crippen LogP contribution in [0.5, 0.6) is 5.75 Å². The van der Waals surface area contributed by atoms with Gasteiger partial charge in [0.15, 0.2) is 0 Å². The van der Waals surface area contributed by atoms with Gasteiger partial charge in [0.2, 0.25) is 5.82 Å². The first-order chi connectivity index (χ1) is 14.5. The summed E-state index contributed by atoms with van der Waals surface area (Å²) in [7, 11) is 1.61. The Morgan fingerprint density at radius 2 is 2.00 bits per heavy atom. The fourth-order valence-electron chi connectivity index (χ4n) is 3.56. The number of aromatic nitrogens is 2. The number of allylic oxidation sites excluding steroid dienone is 1. The first-order valence-electron chi connectivity index (χ1n) is 9.54. The third-order valence-corrected chi connectivity index (χ3v) is 5.35. The van der Waals surface area contributed by atoms with Gasteiger partial charge in [-0.25, -0.2) is 4.79 Å². The van der Waals surface area contributed by atoms with Crippen molar-refractivity contribution in [1.29, 1.82) is 0 Å². The van der Waals surface area contributed by atoms with Gasteiger partial charge in [-0.2, -0.15) is 4.98 Å². The van der Waals surface area contributed by atoms with Crippen molar-refractivity contribution in [2.45, 2.75) is 19.9 Å². The monoisotopic (exact) mass is 424 g/mol. The molecular weight excluding hydrogens is 404 g/mol. The van der Waals surface area contributed by atoms with Crippen molar-refractivity contribution in [3.05, 3.63) is 70.7 Å². The van der Waals surface area contributed by atoms with Crippen molar-refractivity contribution in [3.8, 4) is 17.1 Å². The summed E-state index contributed by atoms with van der Waals surface area (Å²) in [5.74, 6) is 1.50. The van der Waals surface area contributed by atoms with Crippen LogP contribution in [0.2, 0.25) is 5.02 Å². The van der Waals surface area contributed by atoms with E-state index >= 15 is 0 Å². The van der Waals surface area contributed by atoms with Gasteiger partial charge in [-0.15, -0.1) is 0 Å². The van der Waals surface area contributed by atoms with Crippen LogP contribution < -0.4 is 10.1 Å².